The molecule has 150 valence electrons. The van der Waals surface area contributed by atoms with Crippen LogP contribution in [0.25, 0.3) is 11.5 Å². The number of halogens is 1. The van der Waals surface area contributed by atoms with Crippen LogP contribution in [0.5, 0.6) is 0 Å². The van der Waals surface area contributed by atoms with Crippen molar-refractivity contribution < 1.29 is 22.8 Å². The van der Waals surface area contributed by atoms with Crippen molar-refractivity contribution in [2.24, 2.45) is 0 Å². The molecule has 1 saturated heterocycles. The highest BCUT2D eigenvalue weighted by atomic mass is 19.1. The zero-order chi connectivity index (χ0) is 20.4. The maximum absolute atomic E-state index is 14.0. The molecular weight excluding hydrogens is 377 g/mol. The molecule has 0 radical (unpaired) electrons. The number of hydrogen-bond acceptors (Lipinski definition) is 5. The number of benzene rings is 1. The van der Waals surface area contributed by atoms with Gasteiger partial charge in [0, 0.05) is 26.2 Å². The number of nitrogens with zero attached hydrogens (tertiary/aromatic N) is 3. The number of furan rings is 1. The number of carbonyl (C=O) groups is 2. The lowest BCUT2D eigenvalue weighted by Crippen LogP contribution is -2.51. The summed E-state index contributed by atoms with van der Waals surface area (Å²) in [5.41, 5.74) is 0.752. The maximum Gasteiger partial charge on any atom is 0.289 e. The molecule has 0 aliphatic carbocycles. The highest BCUT2D eigenvalue weighted by Gasteiger charge is 2.27. The van der Waals surface area contributed by atoms with Gasteiger partial charge in [0.15, 0.2) is 5.76 Å². The van der Waals surface area contributed by atoms with E-state index in [0.717, 1.165) is 0 Å². The van der Waals surface area contributed by atoms with E-state index in [4.69, 9.17) is 8.83 Å². The van der Waals surface area contributed by atoms with Gasteiger partial charge in [-0.3, -0.25) is 9.59 Å². The van der Waals surface area contributed by atoms with E-state index in [1.54, 1.807) is 47.1 Å². The maximum atomic E-state index is 14.0. The van der Waals surface area contributed by atoms with Crippen LogP contribution in [0.15, 0.2) is 51.5 Å². The topological polar surface area (TPSA) is 79.8 Å². The van der Waals surface area contributed by atoms with Crippen molar-refractivity contribution in [2.75, 3.05) is 26.2 Å². The summed E-state index contributed by atoms with van der Waals surface area (Å²) in [5, 5.41) is 0. The van der Waals surface area contributed by atoms with Crippen molar-refractivity contribution in [2.45, 2.75) is 13.3 Å². The highest BCUT2D eigenvalue weighted by molar-refractivity contribution is 5.91. The smallest absolute Gasteiger partial charge is 0.289 e. The standard InChI is InChI=1S/C21H20FN3O4/c1-14-17(23-20(29-14)15-5-2-3-6-16(15)22)13-19(26)24-8-10-25(11-9-24)21(27)18-7-4-12-28-18/h2-7,12H,8-11,13H2,1H3. The van der Waals surface area contributed by atoms with Gasteiger partial charge in [-0.2, -0.15) is 0 Å². The lowest BCUT2D eigenvalue weighted by molar-refractivity contribution is -0.132. The first-order valence-corrected chi connectivity index (χ1v) is 9.34. The third kappa shape index (κ3) is 3.91. The Morgan fingerprint density at radius 2 is 1.79 bits per heavy atom. The van der Waals surface area contributed by atoms with E-state index in [9.17, 15) is 14.0 Å². The first kappa shape index (κ1) is 18.9. The van der Waals surface area contributed by atoms with E-state index in [2.05, 4.69) is 4.98 Å². The van der Waals surface area contributed by atoms with Crippen molar-refractivity contribution in [1.29, 1.82) is 0 Å². The lowest BCUT2D eigenvalue weighted by Gasteiger charge is -2.34. The average Bonchev–Trinajstić information content (AvgIpc) is 3.38. The second kappa shape index (κ2) is 7.90. The van der Waals surface area contributed by atoms with E-state index in [-0.39, 0.29) is 29.7 Å². The summed E-state index contributed by atoms with van der Waals surface area (Å²) >= 11 is 0. The van der Waals surface area contributed by atoms with Gasteiger partial charge in [0.1, 0.15) is 11.6 Å². The number of rotatable bonds is 4. The number of carbonyl (C=O) groups excluding carboxylic acids is 2. The molecule has 0 saturated carbocycles. The Kier molecular flexibility index (Phi) is 5.16. The minimum absolute atomic E-state index is 0.0654. The molecule has 0 unspecified atom stereocenters. The molecule has 0 spiro atoms. The number of hydrogen-bond donors (Lipinski definition) is 0. The third-order valence-corrected chi connectivity index (χ3v) is 4.97. The van der Waals surface area contributed by atoms with E-state index >= 15 is 0 Å². The van der Waals surface area contributed by atoms with Crippen LogP contribution < -0.4 is 0 Å². The highest BCUT2D eigenvalue weighted by Crippen LogP contribution is 2.24. The van der Waals surface area contributed by atoms with E-state index in [1.165, 1.54) is 12.3 Å². The number of amides is 2. The van der Waals surface area contributed by atoms with E-state index in [1.807, 2.05) is 0 Å². The van der Waals surface area contributed by atoms with Gasteiger partial charge in [-0.05, 0) is 31.2 Å². The second-order valence-electron chi connectivity index (χ2n) is 6.83. The Labute approximate surface area is 166 Å². The fourth-order valence-electron chi connectivity index (χ4n) is 3.31. The molecule has 8 heteroatoms. The fourth-order valence-corrected chi connectivity index (χ4v) is 3.31. The molecule has 7 nitrogen and oxygen atoms in total. The first-order valence-electron chi connectivity index (χ1n) is 9.34. The Balaban J connectivity index is 1.38. The molecule has 1 fully saturated rings. The van der Waals surface area contributed by atoms with Crippen molar-refractivity contribution in [1.82, 2.24) is 14.8 Å². The Morgan fingerprint density at radius 3 is 2.48 bits per heavy atom. The number of aromatic nitrogens is 1. The number of piperazine rings is 1. The van der Waals surface area contributed by atoms with Crippen molar-refractivity contribution in [3.05, 3.63) is 65.7 Å². The third-order valence-electron chi connectivity index (χ3n) is 4.97. The van der Waals surface area contributed by atoms with Crippen molar-refractivity contribution >= 4 is 11.8 Å². The van der Waals surface area contributed by atoms with E-state index in [0.29, 0.717) is 43.4 Å². The molecule has 0 bridgehead atoms. The van der Waals surface area contributed by atoms with Crippen LogP contribution >= 0.6 is 0 Å². The minimum Gasteiger partial charge on any atom is -0.459 e. The van der Waals surface area contributed by atoms with Crippen molar-refractivity contribution in [3.8, 4) is 11.5 Å². The molecule has 29 heavy (non-hydrogen) atoms. The normalized spacial score (nSPS) is 14.3. The molecule has 3 heterocycles. The van der Waals surface area contributed by atoms with Gasteiger partial charge in [0.05, 0.1) is 23.9 Å². The van der Waals surface area contributed by atoms with Gasteiger partial charge in [-0.25, -0.2) is 9.37 Å². The number of aryl methyl sites for hydroxylation is 1. The summed E-state index contributed by atoms with van der Waals surface area (Å²) in [6.07, 6.45) is 1.53. The van der Waals surface area contributed by atoms with Gasteiger partial charge in [0.2, 0.25) is 11.8 Å². The molecule has 0 N–H and O–H groups in total. The minimum atomic E-state index is -0.427. The zero-order valence-electron chi connectivity index (χ0n) is 15.9. The lowest BCUT2D eigenvalue weighted by atomic mass is 10.2. The molecule has 1 aromatic carbocycles. The molecular formula is C21H20FN3O4. The summed E-state index contributed by atoms with van der Waals surface area (Å²) in [7, 11) is 0. The summed E-state index contributed by atoms with van der Waals surface area (Å²) in [6.45, 7) is 3.44. The molecule has 4 rings (SSSR count). The molecule has 1 aliphatic rings. The van der Waals surface area contributed by atoms with Crippen LogP contribution in [0.1, 0.15) is 22.0 Å². The fraction of sp³-hybridized carbons (Fsp3) is 0.286. The number of oxazole rings is 1. The summed E-state index contributed by atoms with van der Waals surface area (Å²) in [5.74, 6) is 0.240. The molecule has 0 atom stereocenters. The Morgan fingerprint density at radius 1 is 1.07 bits per heavy atom. The average molecular weight is 397 g/mol. The summed E-state index contributed by atoms with van der Waals surface area (Å²) in [6, 6.07) is 9.51. The Bertz CT molecular complexity index is 1020. The van der Waals surface area contributed by atoms with Crippen molar-refractivity contribution in [3.63, 3.8) is 0 Å². The predicted octanol–water partition coefficient (Wildman–Crippen LogP) is 2.91. The van der Waals surface area contributed by atoms with E-state index < -0.39 is 5.82 Å². The Hall–Kier alpha value is -3.42. The van der Waals surface area contributed by atoms with Gasteiger partial charge in [-0.1, -0.05) is 12.1 Å². The molecule has 1 aliphatic heterocycles. The van der Waals surface area contributed by atoms with Crippen LogP contribution in [0, 0.1) is 12.7 Å². The van der Waals surface area contributed by atoms with Gasteiger partial charge in [0.25, 0.3) is 5.91 Å². The summed E-state index contributed by atoms with van der Waals surface area (Å²) < 4.78 is 24.7. The van der Waals surface area contributed by atoms with Crippen LogP contribution in [-0.4, -0.2) is 52.8 Å². The van der Waals surface area contributed by atoms with Crippen LogP contribution in [0.3, 0.4) is 0 Å². The quantitative estimate of drug-likeness (QED) is 0.676. The predicted molar refractivity (Wildman–Crippen MR) is 102 cm³/mol. The van der Waals surface area contributed by atoms with Gasteiger partial charge < -0.3 is 18.6 Å². The van der Waals surface area contributed by atoms with Crippen LogP contribution in [0.2, 0.25) is 0 Å². The van der Waals surface area contributed by atoms with Crippen LogP contribution in [0.4, 0.5) is 4.39 Å². The molecule has 2 amide bonds. The van der Waals surface area contributed by atoms with Crippen LogP contribution in [-0.2, 0) is 11.2 Å². The monoisotopic (exact) mass is 397 g/mol. The van der Waals surface area contributed by atoms with Gasteiger partial charge >= 0.3 is 0 Å². The molecule has 2 aromatic heterocycles. The largest absolute Gasteiger partial charge is 0.459 e. The van der Waals surface area contributed by atoms with Gasteiger partial charge in [-0.15, -0.1) is 0 Å². The molecule has 3 aromatic rings. The summed E-state index contributed by atoms with van der Waals surface area (Å²) in [4.78, 5) is 32.7. The SMILES string of the molecule is Cc1oc(-c2ccccc2F)nc1CC(=O)N1CCN(C(=O)c2ccco2)CC1. The second-order valence-corrected chi connectivity index (χ2v) is 6.83. The first-order chi connectivity index (χ1) is 14.0. The zero-order valence-corrected chi connectivity index (χ0v) is 15.9.